The monoisotopic (exact) mass is 250 g/mol. The van der Waals surface area contributed by atoms with Crippen molar-refractivity contribution in [2.75, 3.05) is 12.0 Å². The van der Waals surface area contributed by atoms with E-state index in [-0.39, 0.29) is 62.9 Å². The molecule has 0 amide bonds. The van der Waals surface area contributed by atoms with Crippen LogP contribution in [0.15, 0.2) is 0 Å². The van der Waals surface area contributed by atoms with Gasteiger partial charge in [0.25, 0.3) is 0 Å². The van der Waals surface area contributed by atoms with E-state index in [4.69, 9.17) is 10.7 Å². The summed E-state index contributed by atoms with van der Waals surface area (Å²) in [7, 11) is -2.73. The number of hydrogen-bond donors (Lipinski definition) is 1. The molecule has 0 fully saturated rings. The number of hydrogen-bond acceptors (Lipinski definition) is 6. The molecule has 64 valence electrons. The van der Waals surface area contributed by atoms with Gasteiger partial charge in [-0.1, -0.05) is 11.8 Å². The summed E-state index contributed by atoms with van der Waals surface area (Å²) in [6, 6.07) is 1.80. The molecule has 0 aliphatic heterocycles. The fourth-order valence-electron chi connectivity index (χ4n) is 0.259. The van der Waals surface area contributed by atoms with Gasteiger partial charge in [0.15, 0.2) is 0 Å². The minimum atomic E-state index is -3.19. The minimum Gasteiger partial charge on any atom is -1.00 e. The van der Waals surface area contributed by atoms with Gasteiger partial charge >= 0.3 is 51.4 Å². The molecule has 8 heteroatoms. The van der Waals surface area contributed by atoms with Gasteiger partial charge in [-0.15, -0.1) is 0 Å². The summed E-state index contributed by atoms with van der Waals surface area (Å²) in [5.74, 6) is 0.112. The van der Waals surface area contributed by atoms with Crippen LogP contribution in [0.4, 0.5) is 0 Å². The molecule has 1 N–H and O–H groups in total. The van der Waals surface area contributed by atoms with Crippen molar-refractivity contribution < 1.29 is 61.2 Å². The smallest absolute Gasteiger partial charge is 1.00 e. The third-order valence-electron chi connectivity index (χ3n) is 0.495. The van der Waals surface area contributed by atoms with Crippen LogP contribution in [0.25, 0.3) is 0 Å². The SMILES string of the molecule is CS(=O)(=O)SC(=N)SCC#N.[H-].[K+]. The van der Waals surface area contributed by atoms with Crippen molar-refractivity contribution >= 4 is 35.8 Å². The van der Waals surface area contributed by atoms with E-state index in [9.17, 15) is 8.42 Å². The molecule has 0 unspecified atom stereocenters. The molecular formula is C4H7KN2O2S3. The molecule has 0 aliphatic rings. The van der Waals surface area contributed by atoms with Crippen LogP contribution >= 0.6 is 22.6 Å². The Labute approximate surface area is 124 Å². The van der Waals surface area contributed by atoms with Crippen LogP contribution in [0, 0.1) is 16.7 Å². The first-order valence-corrected chi connectivity index (χ1v) is 6.64. The van der Waals surface area contributed by atoms with Crippen molar-refractivity contribution in [1.29, 1.82) is 10.7 Å². The third-order valence-corrected chi connectivity index (χ3v) is 3.81. The summed E-state index contributed by atoms with van der Waals surface area (Å²) in [5, 5.41) is 15.1. The first kappa shape index (κ1) is 15.9. The predicted octanol–water partition coefficient (Wildman–Crippen LogP) is -2.01. The van der Waals surface area contributed by atoms with Gasteiger partial charge in [0, 0.05) is 17.0 Å². The Bertz CT molecular complexity index is 286. The van der Waals surface area contributed by atoms with Crippen molar-refractivity contribution in [3.8, 4) is 6.07 Å². The van der Waals surface area contributed by atoms with E-state index in [0.29, 0.717) is 10.8 Å². The summed E-state index contributed by atoms with van der Waals surface area (Å²) in [4.78, 5) is 0. The first-order chi connectivity index (χ1) is 4.95. The predicted molar refractivity (Wildman–Crippen MR) is 49.3 cm³/mol. The Morgan fingerprint density at radius 2 is 2.25 bits per heavy atom. The van der Waals surface area contributed by atoms with Crippen molar-refractivity contribution in [2.24, 2.45) is 0 Å². The normalized spacial score (nSPS) is 9.67. The van der Waals surface area contributed by atoms with Crippen LogP contribution < -0.4 is 51.4 Å². The zero-order valence-electron chi connectivity index (χ0n) is 7.70. The zero-order valence-corrected chi connectivity index (χ0v) is 12.3. The van der Waals surface area contributed by atoms with E-state index in [1.807, 2.05) is 0 Å². The molecule has 0 heterocycles. The fraction of sp³-hybridized carbons (Fsp3) is 0.500. The van der Waals surface area contributed by atoms with Crippen LogP contribution in [-0.4, -0.2) is 24.8 Å². The van der Waals surface area contributed by atoms with Gasteiger partial charge in [0.2, 0.25) is 8.87 Å². The Kier molecular flexibility index (Phi) is 10.4. The topological polar surface area (TPSA) is 81.8 Å². The van der Waals surface area contributed by atoms with Gasteiger partial charge in [0.05, 0.1) is 11.8 Å². The fourth-order valence-corrected chi connectivity index (χ4v) is 3.47. The zero-order chi connectivity index (χ0) is 8.91. The quantitative estimate of drug-likeness (QED) is 0.265. The first-order valence-electron chi connectivity index (χ1n) is 2.43. The van der Waals surface area contributed by atoms with Gasteiger partial charge in [-0.2, -0.15) is 5.26 Å². The Morgan fingerprint density at radius 1 is 1.75 bits per heavy atom. The second-order valence-electron chi connectivity index (χ2n) is 1.52. The van der Waals surface area contributed by atoms with Gasteiger partial charge in [-0.05, 0) is 0 Å². The van der Waals surface area contributed by atoms with Crippen molar-refractivity contribution in [3.63, 3.8) is 0 Å². The molecule has 0 aromatic heterocycles. The summed E-state index contributed by atoms with van der Waals surface area (Å²) in [6.45, 7) is 0. The van der Waals surface area contributed by atoms with Crippen molar-refractivity contribution in [2.45, 2.75) is 0 Å². The molecule has 0 bridgehead atoms. The second kappa shape index (κ2) is 7.81. The molecule has 0 saturated heterocycles. The van der Waals surface area contributed by atoms with Crippen LogP contribution in [0.5, 0.6) is 0 Å². The van der Waals surface area contributed by atoms with Gasteiger partial charge < -0.3 is 1.43 Å². The molecule has 0 spiro atoms. The standard InChI is InChI=1S/C4H6N2O2S3.K.H/c1-11(7,8)10-4(6)9-3-2-5;;/h6H,3H2,1H3;;/q;+1;-1. The summed E-state index contributed by atoms with van der Waals surface area (Å²) in [6.07, 6.45) is 1.03. The maximum atomic E-state index is 10.5. The molecule has 0 aromatic carbocycles. The van der Waals surface area contributed by atoms with Crippen LogP contribution in [-0.2, 0) is 8.87 Å². The molecule has 0 saturated carbocycles. The van der Waals surface area contributed by atoms with E-state index >= 15 is 0 Å². The Hall–Kier alpha value is 1.45. The summed E-state index contributed by atoms with van der Waals surface area (Å²) in [5.41, 5.74) is 0. The maximum Gasteiger partial charge on any atom is 1.00 e. The Morgan fingerprint density at radius 3 is 2.58 bits per heavy atom. The average molecular weight is 250 g/mol. The number of rotatable bonds is 2. The number of nitrogens with zero attached hydrogens (tertiary/aromatic N) is 1. The van der Waals surface area contributed by atoms with E-state index in [2.05, 4.69) is 0 Å². The molecule has 0 radical (unpaired) electrons. The van der Waals surface area contributed by atoms with Crippen molar-refractivity contribution in [1.82, 2.24) is 0 Å². The summed E-state index contributed by atoms with van der Waals surface area (Å²) < 4.78 is 21.0. The molecule has 4 nitrogen and oxygen atoms in total. The number of nitrogens with one attached hydrogen (secondary N) is 1. The van der Waals surface area contributed by atoms with Gasteiger partial charge in [0.1, 0.15) is 4.38 Å². The van der Waals surface area contributed by atoms with E-state index < -0.39 is 8.87 Å². The molecular weight excluding hydrogens is 243 g/mol. The van der Waals surface area contributed by atoms with E-state index in [1.165, 1.54) is 0 Å². The summed E-state index contributed by atoms with van der Waals surface area (Å²) >= 11 is 0.909. The molecule has 12 heavy (non-hydrogen) atoms. The number of thioether (sulfide) groups is 1. The average Bonchev–Trinajstić information content (AvgIpc) is 1.79. The molecule has 0 aliphatic carbocycles. The van der Waals surface area contributed by atoms with Gasteiger partial charge in [-0.3, -0.25) is 5.41 Å². The third kappa shape index (κ3) is 11.4. The van der Waals surface area contributed by atoms with Crippen LogP contribution in [0.3, 0.4) is 0 Å². The van der Waals surface area contributed by atoms with Crippen LogP contribution in [0.2, 0.25) is 0 Å². The molecule has 0 rings (SSSR count). The molecule has 0 aromatic rings. The van der Waals surface area contributed by atoms with E-state index in [0.717, 1.165) is 18.0 Å². The Balaban J connectivity index is -0.000000500. The minimum absolute atomic E-state index is 0. The second-order valence-corrected chi connectivity index (χ2v) is 7.07. The van der Waals surface area contributed by atoms with Gasteiger partial charge in [-0.25, -0.2) is 8.42 Å². The number of nitriles is 1. The van der Waals surface area contributed by atoms with Crippen molar-refractivity contribution in [3.05, 3.63) is 0 Å². The van der Waals surface area contributed by atoms with E-state index in [1.54, 1.807) is 6.07 Å². The maximum absolute atomic E-state index is 10.5. The molecule has 0 atom stereocenters. The van der Waals surface area contributed by atoms with Crippen LogP contribution in [0.1, 0.15) is 1.43 Å². The largest absolute Gasteiger partial charge is 1.00 e.